The zero-order valence-electron chi connectivity index (χ0n) is 10.7. The van der Waals surface area contributed by atoms with Crippen molar-refractivity contribution in [3.05, 3.63) is 12.2 Å². The molecule has 0 N–H and O–H groups in total. The average molecular weight is 232 g/mol. The van der Waals surface area contributed by atoms with E-state index in [4.69, 9.17) is 4.74 Å². The van der Waals surface area contributed by atoms with Gasteiger partial charge in [0, 0.05) is 0 Å². The number of allylic oxidation sites excluding steroid dienone is 1. The first-order valence-corrected chi connectivity index (χ1v) is 7.75. The SMILES string of the molecule is C1=C[C@H](OC2CCCCC2)C2C1[C@@H]1CC[C@H]2C1. The third-order valence-corrected chi connectivity index (χ3v) is 5.85. The second kappa shape index (κ2) is 4.12. The number of rotatable bonds is 2. The van der Waals surface area contributed by atoms with E-state index in [0.29, 0.717) is 12.2 Å². The van der Waals surface area contributed by atoms with Crippen molar-refractivity contribution < 1.29 is 4.74 Å². The van der Waals surface area contributed by atoms with Crippen molar-refractivity contribution in [2.45, 2.75) is 63.6 Å². The monoisotopic (exact) mass is 232 g/mol. The lowest BCUT2D eigenvalue weighted by molar-refractivity contribution is -0.0445. The maximum atomic E-state index is 6.43. The summed E-state index contributed by atoms with van der Waals surface area (Å²) in [6.07, 6.45) is 17.3. The van der Waals surface area contributed by atoms with E-state index in [1.807, 2.05) is 0 Å². The molecule has 5 atom stereocenters. The van der Waals surface area contributed by atoms with E-state index in [9.17, 15) is 0 Å². The van der Waals surface area contributed by atoms with Crippen molar-refractivity contribution in [3.63, 3.8) is 0 Å². The Labute approximate surface area is 105 Å². The highest BCUT2D eigenvalue weighted by Crippen LogP contribution is 2.57. The minimum absolute atomic E-state index is 0.485. The van der Waals surface area contributed by atoms with Crippen molar-refractivity contribution in [3.8, 4) is 0 Å². The molecule has 0 heterocycles. The molecule has 0 aromatic rings. The lowest BCUT2D eigenvalue weighted by Gasteiger charge is -2.32. The van der Waals surface area contributed by atoms with Crippen LogP contribution in [0.3, 0.4) is 0 Å². The van der Waals surface area contributed by atoms with E-state index in [1.54, 1.807) is 0 Å². The summed E-state index contributed by atoms with van der Waals surface area (Å²) in [7, 11) is 0. The van der Waals surface area contributed by atoms with Crippen molar-refractivity contribution in [1.82, 2.24) is 0 Å². The van der Waals surface area contributed by atoms with Gasteiger partial charge in [0.25, 0.3) is 0 Å². The Morgan fingerprint density at radius 1 is 0.824 bits per heavy atom. The van der Waals surface area contributed by atoms with Crippen LogP contribution < -0.4 is 0 Å². The van der Waals surface area contributed by atoms with Crippen LogP contribution >= 0.6 is 0 Å². The summed E-state index contributed by atoms with van der Waals surface area (Å²) in [5, 5.41) is 0. The molecule has 2 bridgehead atoms. The summed E-state index contributed by atoms with van der Waals surface area (Å²) in [5.41, 5.74) is 0. The van der Waals surface area contributed by atoms with Crippen LogP contribution in [0.1, 0.15) is 51.4 Å². The third-order valence-electron chi connectivity index (χ3n) is 5.85. The first kappa shape index (κ1) is 10.6. The molecule has 94 valence electrons. The van der Waals surface area contributed by atoms with E-state index >= 15 is 0 Å². The number of hydrogen-bond donors (Lipinski definition) is 0. The van der Waals surface area contributed by atoms with Crippen LogP contribution in [0.2, 0.25) is 0 Å². The van der Waals surface area contributed by atoms with Crippen molar-refractivity contribution >= 4 is 0 Å². The minimum atomic E-state index is 0.485. The molecular formula is C16H24O. The van der Waals surface area contributed by atoms with Gasteiger partial charge in [-0.3, -0.25) is 0 Å². The van der Waals surface area contributed by atoms with Gasteiger partial charge in [-0.25, -0.2) is 0 Å². The van der Waals surface area contributed by atoms with Crippen LogP contribution in [0.5, 0.6) is 0 Å². The van der Waals surface area contributed by atoms with E-state index < -0.39 is 0 Å². The summed E-state index contributed by atoms with van der Waals surface area (Å²) in [4.78, 5) is 0. The summed E-state index contributed by atoms with van der Waals surface area (Å²) in [6, 6.07) is 0. The number of ether oxygens (including phenoxy) is 1. The Morgan fingerprint density at radius 2 is 1.65 bits per heavy atom. The fourth-order valence-electron chi connectivity index (χ4n) is 5.08. The summed E-state index contributed by atoms with van der Waals surface area (Å²) < 4.78 is 6.43. The van der Waals surface area contributed by atoms with Crippen LogP contribution in [0.15, 0.2) is 12.2 Å². The van der Waals surface area contributed by atoms with Crippen LogP contribution in [-0.4, -0.2) is 12.2 Å². The highest BCUT2D eigenvalue weighted by atomic mass is 16.5. The lowest BCUT2D eigenvalue weighted by Crippen LogP contribution is -2.32. The van der Waals surface area contributed by atoms with Crippen molar-refractivity contribution in [2.24, 2.45) is 23.7 Å². The maximum absolute atomic E-state index is 6.43. The molecule has 4 aliphatic rings. The van der Waals surface area contributed by atoms with Gasteiger partial charge < -0.3 is 4.74 Å². The highest BCUT2D eigenvalue weighted by Gasteiger charge is 2.51. The molecule has 0 radical (unpaired) electrons. The molecule has 0 aromatic heterocycles. The molecule has 4 rings (SSSR count). The Morgan fingerprint density at radius 3 is 2.53 bits per heavy atom. The van der Waals surface area contributed by atoms with Crippen molar-refractivity contribution in [1.29, 1.82) is 0 Å². The smallest absolute Gasteiger partial charge is 0.0796 e. The number of fused-ring (bicyclic) bond motifs is 5. The lowest BCUT2D eigenvalue weighted by atomic mass is 9.80. The molecule has 3 fully saturated rings. The summed E-state index contributed by atoms with van der Waals surface area (Å²) in [5.74, 6) is 3.77. The van der Waals surface area contributed by atoms with Gasteiger partial charge in [-0.15, -0.1) is 0 Å². The molecule has 0 aromatic carbocycles. The zero-order valence-corrected chi connectivity index (χ0v) is 10.7. The predicted molar refractivity (Wildman–Crippen MR) is 68.7 cm³/mol. The van der Waals surface area contributed by atoms with E-state index in [1.165, 1.54) is 51.4 Å². The molecular weight excluding hydrogens is 208 g/mol. The molecule has 0 saturated heterocycles. The average Bonchev–Trinajstić information content (AvgIpc) is 3.03. The van der Waals surface area contributed by atoms with Crippen LogP contribution in [0.4, 0.5) is 0 Å². The topological polar surface area (TPSA) is 9.23 Å². The largest absolute Gasteiger partial charge is 0.371 e. The minimum Gasteiger partial charge on any atom is -0.371 e. The first-order chi connectivity index (χ1) is 8.42. The zero-order chi connectivity index (χ0) is 11.2. The van der Waals surface area contributed by atoms with Gasteiger partial charge in [-0.2, -0.15) is 0 Å². The fraction of sp³-hybridized carbons (Fsp3) is 0.875. The Bertz CT molecular complexity index is 315. The van der Waals surface area contributed by atoms with Gasteiger partial charge in [-0.1, -0.05) is 31.4 Å². The van der Waals surface area contributed by atoms with Gasteiger partial charge in [0.05, 0.1) is 12.2 Å². The second-order valence-electron chi connectivity index (χ2n) is 6.73. The Kier molecular flexibility index (Phi) is 2.57. The normalized spacial score (nSPS) is 48.8. The maximum Gasteiger partial charge on any atom is 0.0796 e. The molecule has 0 amide bonds. The molecule has 17 heavy (non-hydrogen) atoms. The van der Waals surface area contributed by atoms with Crippen LogP contribution in [-0.2, 0) is 4.74 Å². The van der Waals surface area contributed by atoms with Gasteiger partial charge in [0.15, 0.2) is 0 Å². The van der Waals surface area contributed by atoms with E-state index in [0.717, 1.165) is 23.7 Å². The van der Waals surface area contributed by atoms with Gasteiger partial charge in [0.2, 0.25) is 0 Å². The van der Waals surface area contributed by atoms with Gasteiger partial charge in [-0.05, 0) is 55.8 Å². The fourth-order valence-corrected chi connectivity index (χ4v) is 5.08. The molecule has 0 aliphatic heterocycles. The van der Waals surface area contributed by atoms with Crippen LogP contribution in [0, 0.1) is 23.7 Å². The first-order valence-electron chi connectivity index (χ1n) is 7.75. The third kappa shape index (κ3) is 1.69. The van der Waals surface area contributed by atoms with Crippen LogP contribution in [0.25, 0.3) is 0 Å². The van der Waals surface area contributed by atoms with E-state index in [-0.39, 0.29) is 0 Å². The quantitative estimate of drug-likeness (QED) is 0.655. The Balaban J connectivity index is 1.43. The predicted octanol–water partition coefficient (Wildman–Crippen LogP) is 3.94. The highest BCUT2D eigenvalue weighted by molar-refractivity contribution is 5.17. The molecule has 2 unspecified atom stereocenters. The molecule has 4 aliphatic carbocycles. The Hall–Kier alpha value is -0.300. The summed E-state index contributed by atoms with van der Waals surface area (Å²) in [6.45, 7) is 0. The molecule has 1 nitrogen and oxygen atoms in total. The standard InChI is InChI=1S/C16H24O/c1-2-4-13(5-3-1)17-15-9-8-14-11-6-7-12(10-11)16(14)15/h8-9,11-16H,1-7,10H2/t11-,12+,14?,15+,16?/m1/s1. The van der Waals surface area contributed by atoms with Crippen molar-refractivity contribution in [2.75, 3.05) is 0 Å². The molecule has 0 spiro atoms. The second-order valence-corrected chi connectivity index (χ2v) is 6.73. The van der Waals surface area contributed by atoms with Gasteiger partial charge in [0.1, 0.15) is 0 Å². The number of hydrogen-bond acceptors (Lipinski definition) is 1. The van der Waals surface area contributed by atoms with E-state index in [2.05, 4.69) is 12.2 Å². The molecule has 3 saturated carbocycles. The summed E-state index contributed by atoms with van der Waals surface area (Å²) >= 11 is 0. The molecule has 1 heteroatoms. The van der Waals surface area contributed by atoms with Gasteiger partial charge >= 0.3 is 0 Å².